The van der Waals surface area contributed by atoms with Crippen molar-refractivity contribution < 1.29 is 4.74 Å². The van der Waals surface area contributed by atoms with E-state index in [0.29, 0.717) is 6.61 Å². The van der Waals surface area contributed by atoms with Crippen molar-refractivity contribution in [2.75, 3.05) is 18.5 Å². The molecule has 0 amide bonds. The third kappa shape index (κ3) is 2.19. The number of nitrogens with zero attached hydrogens (tertiary/aromatic N) is 1. The van der Waals surface area contributed by atoms with E-state index in [1.54, 1.807) is 0 Å². The Labute approximate surface area is 108 Å². The van der Waals surface area contributed by atoms with Crippen molar-refractivity contribution >= 4 is 5.69 Å². The molecule has 92 valence electrons. The van der Waals surface area contributed by atoms with Gasteiger partial charge in [0, 0.05) is 19.3 Å². The minimum Gasteiger partial charge on any atom is -0.489 e. The van der Waals surface area contributed by atoms with Gasteiger partial charge < -0.3 is 9.64 Å². The highest BCUT2D eigenvalue weighted by molar-refractivity contribution is 5.59. The van der Waals surface area contributed by atoms with Gasteiger partial charge in [0.1, 0.15) is 12.4 Å². The molecular formula is C16H17NO. The number of likely N-dealkylation sites (N-methyl/N-ethyl adjacent to an activating group) is 1. The van der Waals surface area contributed by atoms with Crippen molar-refractivity contribution in [3.63, 3.8) is 0 Å². The van der Waals surface area contributed by atoms with E-state index >= 15 is 0 Å². The van der Waals surface area contributed by atoms with Crippen LogP contribution in [0, 0.1) is 0 Å². The molecule has 3 rings (SSSR count). The van der Waals surface area contributed by atoms with Crippen LogP contribution in [0.5, 0.6) is 5.75 Å². The van der Waals surface area contributed by atoms with Gasteiger partial charge in [-0.05, 0) is 35.7 Å². The average Bonchev–Trinajstić information content (AvgIpc) is 2.79. The van der Waals surface area contributed by atoms with Crippen molar-refractivity contribution in [3.05, 3.63) is 59.7 Å². The molecule has 0 aliphatic carbocycles. The van der Waals surface area contributed by atoms with E-state index in [-0.39, 0.29) is 0 Å². The van der Waals surface area contributed by atoms with Crippen molar-refractivity contribution in [1.29, 1.82) is 0 Å². The normalized spacial score (nSPS) is 13.5. The number of fused-ring (bicyclic) bond motifs is 1. The highest BCUT2D eigenvalue weighted by Crippen LogP contribution is 2.30. The number of hydrogen-bond donors (Lipinski definition) is 0. The van der Waals surface area contributed by atoms with Crippen LogP contribution < -0.4 is 9.64 Å². The number of anilines is 1. The van der Waals surface area contributed by atoms with Crippen molar-refractivity contribution in [3.8, 4) is 5.75 Å². The summed E-state index contributed by atoms with van der Waals surface area (Å²) in [7, 11) is 2.14. The first-order chi connectivity index (χ1) is 8.83. The van der Waals surface area contributed by atoms with Crippen LogP contribution in [0.1, 0.15) is 11.1 Å². The monoisotopic (exact) mass is 239 g/mol. The summed E-state index contributed by atoms with van der Waals surface area (Å²) >= 11 is 0. The van der Waals surface area contributed by atoms with Crippen LogP contribution in [0.2, 0.25) is 0 Å². The molecule has 0 radical (unpaired) electrons. The summed E-state index contributed by atoms with van der Waals surface area (Å²) in [5.74, 6) is 0.966. The van der Waals surface area contributed by atoms with Gasteiger partial charge in [0.25, 0.3) is 0 Å². The predicted molar refractivity (Wildman–Crippen MR) is 74.2 cm³/mol. The number of benzene rings is 2. The first-order valence-electron chi connectivity index (χ1n) is 6.34. The Bertz CT molecular complexity index is 536. The van der Waals surface area contributed by atoms with Crippen LogP contribution in [0.4, 0.5) is 5.69 Å². The zero-order valence-electron chi connectivity index (χ0n) is 10.6. The summed E-state index contributed by atoms with van der Waals surface area (Å²) in [6.07, 6.45) is 1.12. The molecule has 1 heterocycles. The fourth-order valence-corrected chi connectivity index (χ4v) is 2.37. The lowest BCUT2D eigenvalue weighted by molar-refractivity contribution is 0.306. The van der Waals surface area contributed by atoms with Gasteiger partial charge in [-0.2, -0.15) is 0 Å². The van der Waals surface area contributed by atoms with E-state index in [2.05, 4.69) is 42.3 Å². The second-order valence-electron chi connectivity index (χ2n) is 4.74. The number of ether oxygens (including phenoxy) is 1. The summed E-state index contributed by atoms with van der Waals surface area (Å²) in [5.41, 5.74) is 3.93. The average molecular weight is 239 g/mol. The topological polar surface area (TPSA) is 12.5 Å². The van der Waals surface area contributed by atoms with E-state index < -0.39 is 0 Å². The maximum absolute atomic E-state index is 5.83. The molecule has 0 saturated heterocycles. The van der Waals surface area contributed by atoms with Gasteiger partial charge in [0.15, 0.2) is 0 Å². The van der Waals surface area contributed by atoms with E-state index in [0.717, 1.165) is 18.7 Å². The quantitative estimate of drug-likeness (QED) is 0.815. The standard InChI is InChI=1S/C16H17NO/c1-17-10-9-14-11-15(7-8-16(14)17)18-12-13-5-3-2-4-6-13/h2-8,11H,9-10,12H2,1H3. The maximum atomic E-state index is 5.83. The second kappa shape index (κ2) is 4.73. The molecular weight excluding hydrogens is 222 g/mol. The molecule has 2 aromatic carbocycles. The van der Waals surface area contributed by atoms with E-state index in [1.807, 2.05) is 18.2 Å². The molecule has 2 aromatic rings. The zero-order chi connectivity index (χ0) is 12.4. The SMILES string of the molecule is CN1CCc2cc(OCc3ccccc3)ccc21. The largest absolute Gasteiger partial charge is 0.489 e. The molecule has 2 heteroatoms. The summed E-state index contributed by atoms with van der Waals surface area (Å²) in [5, 5.41) is 0. The van der Waals surface area contributed by atoms with Gasteiger partial charge >= 0.3 is 0 Å². The van der Waals surface area contributed by atoms with Gasteiger partial charge in [-0.1, -0.05) is 30.3 Å². The van der Waals surface area contributed by atoms with Crippen LogP contribution in [0.3, 0.4) is 0 Å². The van der Waals surface area contributed by atoms with E-state index in [9.17, 15) is 0 Å². The van der Waals surface area contributed by atoms with Crippen LogP contribution in [0.15, 0.2) is 48.5 Å². The molecule has 0 aromatic heterocycles. The molecule has 18 heavy (non-hydrogen) atoms. The Morgan fingerprint density at radius 1 is 1.11 bits per heavy atom. The predicted octanol–water partition coefficient (Wildman–Crippen LogP) is 3.26. The Kier molecular flexibility index (Phi) is 2.93. The van der Waals surface area contributed by atoms with Crippen molar-refractivity contribution in [1.82, 2.24) is 0 Å². The van der Waals surface area contributed by atoms with E-state index in [1.165, 1.54) is 16.8 Å². The Morgan fingerprint density at radius 3 is 2.78 bits per heavy atom. The Hall–Kier alpha value is -1.96. The maximum Gasteiger partial charge on any atom is 0.120 e. The van der Waals surface area contributed by atoms with Gasteiger partial charge in [-0.3, -0.25) is 0 Å². The van der Waals surface area contributed by atoms with Crippen LogP contribution in [-0.2, 0) is 13.0 Å². The molecule has 1 aliphatic heterocycles. The van der Waals surface area contributed by atoms with Gasteiger partial charge in [-0.15, -0.1) is 0 Å². The molecule has 0 unspecified atom stereocenters. The van der Waals surface area contributed by atoms with Crippen LogP contribution in [0.25, 0.3) is 0 Å². The second-order valence-corrected chi connectivity index (χ2v) is 4.74. The third-order valence-corrected chi connectivity index (χ3v) is 3.43. The van der Waals surface area contributed by atoms with Crippen molar-refractivity contribution in [2.45, 2.75) is 13.0 Å². The molecule has 1 aliphatic rings. The summed E-state index contributed by atoms with van der Waals surface area (Å²) < 4.78 is 5.83. The van der Waals surface area contributed by atoms with Crippen LogP contribution >= 0.6 is 0 Å². The smallest absolute Gasteiger partial charge is 0.120 e. The van der Waals surface area contributed by atoms with Gasteiger partial charge in [-0.25, -0.2) is 0 Å². The summed E-state index contributed by atoms with van der Waals surface area (Å²) in [6, 6.07) is 16.7. The molecule has 0 bridgehead atoms. The minimum atomic E-state index is 0.634. The lowest BCUT2D eigenvalue weighted by Crippen LogP contribution is -2.12. The molecule has 0 N–H and O–H groups in total. The Balaban J connectivity index is 1.71. The molecule has 0 atom stereocenters. The first kappa shape index (κ1) is 11.1. The third-order valence-electron chi connectivity index (χ3n) is 3.43. The lowest BCUT2D eigenvalue weighted by Gasteiger charge is -2.12. The van der Waals surface area contributed by atoms with Gasteiger partial charge in [0.2, 0.25) is 0 Å². The number of hydrogen-bond acceptors (Lipinski definition) is 2. The highest BCUT2D eigenvalue weighted by atomic mass is 16.5. The molecule has 2 nitrogen and oxygen atoms in total. The van der Waals surface area contributed by atoms with Crippen molar-refractivity contribution in [2.24, 2.45) is 0 Å². The van der Waals surface area contributed by atoms with Gasteiger partial charge in [0.05, 0.1) is 0 Å². The zero-order valence-corrected chi connectivity index (χ0v) is 10.6. The number of rotatable bonds is 3. The molecule has 0 saturated carbocycles. The van der Waals surface area contributed by atoms with E-state index in [4.69, 9.17) is 4.74 Å². The first-order valence-corrected chi connectivity index (χ1v) is 6.34. The Morgan fingerprint density at radius 2 is 1.94 bits per heavy atom. The fourth-order valence-electron chi connectivity index (χ4n) is 2.37. The lowest BCUT2D eigenvalue weighted by atomic mass is 10.1. The minimum absolute atomic E-state index is 0.634. The fraction of sp³-hybridized carbons (Fsp3) is 0.250. The molecule has 0 spiro atoms. The highest BCUT2D eigenvalue weighted by Gasteiger charge is 2.15. The summed E-state index contributed by atoms with van der Waals surface area (Å²) in [4.78, 5) is 2.29. The summed E-state index contributed by atoms with van der Waals surface area (Å²) in [6.45, 7) is 1.74. The van der Waals surface area contributed by atoms with Crippen LogP contribution in [-0.4, -0.2) is 13.6 Å². The molecule has 0 fully saturated rings.